The van der Waals surface area contributed by atoms with E-state index in [1.54, 1.807) is 30.5 Å². The van der Waals surface area contributed by atoms with Crippen molar-refractivity contribution in [2.75, 3.05) is 18.4 Å². The van der Waals surface area contributed by atoms with Gasteiger partial charge in [0.1, 0.15) is 9.88 Å². The summed E-state index contributed by atoms with van der Waals surface area (Å²) in [6, 6.07) is 12.7. The average Bonchev–Trinajstić information content (AvgIpc) is 3.38. The second-order valence-corrected chi connectivity index (χ2v) is 7.68. The van der Waals surface area contributed by atoms with Gasteiger partial charge in [-0.05, 0) is 50.1 Å². The largest absolute Gasteiger partial charge is 0.339 e. The monoisotopic (exact) mass is 392 g/mol. The second-order valence-electron chi connectivity index (χ2n) is 6.68. The number of aryl methyl sites for hydroxylation is 1. The molecule has 28 heavy (non-hydrogen) atoms. The van der Waals surface area contributed by atoms with Gasteiger partial charge in [-0.3, -0.25) is 14.6 Å². The summed E-state index contributed by atoms with van der Waals surface area (Å²) in [7, 11) is 0. The van der Waals surface area contributed by atoms with E-state index in [9.17, 15) is 9.59 Å². The Morgan fingerprint density at radius 3 is 2.68 bits per heavy atom. The van der Waals surface area contributed by atoms with Crippen molar-refractivity contribution in [2.24, 2.45) is 0 Å². The Balaban J connectivity index is 1.52. The van der Waals surface area contributed by atoms with E-state index in [1.807, 2.05) is 30.0 Å². The highest BCUT2D eigenvalue weighted by Crippen LogP contribution is 2.27. The first-order valence-electron chi connectivity index (χ1n) is 9.21. The average molecular weight is 392 g/mol. The fourth-order valence-electron chi connectivity index (χ4n) is 3.23. The van der Waals surface area contributed by atoms with Crippen molar-refractivity contribution in [2.45, 2.75) is 19.8 Å². The van der Waals surface area contributed by atoms with Crippen LogP contribution in [0, 0.1) is 6.92 Å². The van der Waals surface area contributed by atoms with Gasteiger partial charge in [0, 0.05) is 30.5 Å². The van der Waals surface area contributed by atoms with Gasteiger partial charge < -0.3 is 10.2 Å². The molecule has 1 aliphatic heterocycles. The zero-order chi connectivity index (χ0) is 19.5. The zero-order valence-electron chi connectivity index (χ0n) is 15.5. The van der Waals surface area contributed by atoms with Crippen LogP contribution in [0.1, 0.15) is 38.6 Å². The van der Waals surface area contributed by atoms with Crippen molar-refractivity contribution < 1.29 is 9.59 Å². The van der Waals surface area contributed by atoms with Crippen LogP contribution in [0.25, 0.3) is 10.7 Å². The number of likely N-dealkylation sites (tertiary alicyclic amines) is 1. The van der Waals surface area contributed by atoms with Gasteiger partial charge in [-0.1, -0.05) is 12.1 Å². The van der Waals surface area contributed by atoms with Crippen LogP contribution in [0.4, 0.5) is 5.69 Å². The molecule has 0 unspecified atom stereocenters. The van der Waals surface area contributed by atoms with Gasteiger partial charge in [-0.15, -0.1) is 11.3 Å². The predicted octanol–water partition coefficient (Wildman–Crippen LogP) is 4.00. The predicted molar refractivity (Wildman–Crippen MR) is 110 cm³/mol. The lowest BCUT2D eigenvalue weighted by atomic mass is 10.1. The highest BCUT2D eigenvalue weighted by molar-refractivity contribution is 7.17. The van der Waals surface area contributed by atoms with Crippen LogP contribution in [-0.2, 0) is 0 Å². The maximum absolute atomic E-state index is 12.8. The Hall–Kier alpha value is -3.06. The number of aromatic nitrogens is 2. The third kappa shape index (κ3) is 3.80. The third-order valence-electron chi connectivity index (χ3n) is 4.65. The van der Waals surface area contributed by atoms with E-state index in [0.717, 1.165) is 31.6 Å². The molecule has 142 valence electrons. The molecule has 0 radical (unpaired) electrons. The van der Waals surface area contributed by atoms with E-state index in [1.165, 1.54) is 11.3 Å². The molecule has 2 amide bonds. The molecule has 3 aromatic rings. The first-order valence-corrected chi connectivity index (χ1v) is 10.0. The van der Waals surface area contributed by atoms with Crippen molar-refractivity contribution in [1.29, 1.82) is 0 Å². The lowest BCUT2D eigenvalue weighted by Gasteiger charge is -2.15. The first kappa shape index (κ1) is 18.3. The van der Waals surface area contributed by atoms with Crippen LogP contribution < -0.4 is 5.32 Å². The Morgan fingerprint density at radius 2 is 1.93 bits per heavy atom. The summed E-state index contributed by atoms with van der Waals surface area (Å²) in [6.45, 7) is 3.41. The van der Waals surface area contributed by atoms with Crippen LogP contribution in [0.15, 0.2) is 48.7 Å². The number of nitrogens with one attached hydrogen (secondary N) is 1. The highest BCUT2D eigenvalue weighted by Gasteiger charge is 2.21. The van der Waals surface area contributed by atoms with Gasteiger partial charge in [0.25, 0.3) is 11.8 Å². The summed E-state index contributed by atoms with van der Waals surface area (Å²) >= 11 is 1.31. The van der Waals surface area contributed by atoms with Gasteiger partial charge in [0.15, 0.2) is 0 Å². The standard InChI is InChI=1S/C21H20N4O2S/c1-14-18(28-20(23-14)17-9-2-3-10-22-17)19(26)24-16-8-6-7-15(13-16)21(27)25-11-4-5-12-25/h2-3,6-10,13H,4-5,11-12H2,1H3,(H,24,26). The normalized spacial score (nSPS) is 13.5. The van der Waals surface area contributed by atoms with Crippen molar-refractivity contribution >= 4 is 28.8 Å². The molecule has 7 heteroatoms. The SMILES string of the molecule is Cc1nc(-c2ccccn2)sc1C(=O)Nc1cccc(C(=O)N2CCCC2)c1. The molecule has 1 fully saturated rings. The number of carbonyl (C=O) groups excluding carboxylic acids is 2. The molecule has 2 aromatic heterocycles. The summed E-state index contributed by atoms with van der Waals surface area (Å²) < 4.78 is 0. The Bertz CT molecular complexity index is 1010. The van der Waals surface area contributed by atoms with Gasteiger partial charge in [-0.25, -0.2) is 4.98 Å². The third-order valence-corrected chi connectivity index (χ3v) is 5.83. The van der Waals surface area contributed by atoms with E-state index in [-0.39, 0.29) is 11.8 Å². The number of rotatable bonds is 4. The molecule has 6 nitrogen and oxygen atoms in total. The molecule has 4 rings (SSSR count). The molecule has 0 saturated carbocycles. The summed E-state index contributed by atoms with van der Waals surface area (Å²) in [5.74, 6) is -0.219. The Morgan fingerprint density at radius 1 is 1.11 bits per heavy atom. The molecule has 0 aliphatic carbocycles. The molecule has 0 bridgehead atoms. The van der Waals surface area contributed by atoms with E-state index in [4.69, 9.17) is 0 Å². The summed E-state index contributed by atoms with van der Waals surface area (Å²) in [5.41, 5.74) is 2.59. The van der Waals surface area contributed by atoms with E-state index < -0.39 is 0 Å². The number of thiazole rings is 1. The maximum Gasteiger partial charge on any atom is 0.267 e. The van der Waals surface area contributed by atoms with Gasteiger partial charge >= 0.3 is 0 Å². The molecule has 1 aliphatic rings. The van der Waals surface area contributed by atoms with Crippen molar-refractivity contribution in [3.8, 4) is 10.7 Å². The molecule has 0 spiro atoms. The van der Waals surface area contributed by atoms with Crippen molar-refractivity contribution in [1.82, 2.24) is 14.9 Å². The molecular weight excluding hydrogens is 372 g/mol. The summed E-state index contributed by atoms with van der Waals surface area (Å²) in [5, 5.41) is 3.60. The summed E-state index contributed by atoms with van der Waals surface area (Å²) in [4.78, 5) is 36.5. The molecular formula is C21H20N4O2S. The minimum Gasteiger partial charge on any atom is -0.339 e. The fourth-order valence-corrected chi connectivity index (χ4v) is 4.16. The number of benzene rings is 1. The minimum absolute atomic E-state index is 0.0139. The lowest BCUT2D eigenvalue weighted by Crippen LogP contribution is -2.27. The van der Waals surface area contributed by atoms with Crippen LogP contribution in [-0.4, -0.2) is 39.8 Å². The van der Waals surface area contributed by atoms with Crippen LogP contribution in [0.5, 0.6) is 0 Å². The Kier molecular flexibility index (Phi) is 5.16. The second kappa shape index (κ2) is 7.90. The number of hydrogen-bond donors (Lipinski definition) is 1. The quantitative estimate of drug-likeness (QED) is 0.728. The lowest BCUT2D eigenvalue weighted by molar-refractivity contribution is 0.0792. The Labute approximate surface area is 167 Å². The van der Waals surface area contributed by atoms with E-state index in [0.29, 0.717) is 26.8 Å². The van der Waals surface area contributed by atoms with Crippen molar-refractivity contribution in [3.05, 3.63) is 64.8 Å². The van der Waals surface area contributed by atoms with Crippen LogP contribution in [0.2, 0.25) is 0 Å². The molecule has 3 heterocycles. The number of nitrogens with zero attached hydrogens (tertiary/aromatic N) is 3. The van der Waals surface area contributed by atoms with Crippen molar-refractivity contribution in [3.63, 3.8) is 0 Å². The van der Waals surface area contributed by atoms with Crippen LogP contribution >= 0.6 is 11.3 Å². The molecule has 1 saturated heterocycles. The highest BCUT2D eigenvalue weighted by atomic mass is 32.1. The van der Waals surface area contributed by atoms with Crippen LogP contribution in [0.3, 0.4) is 0 Å². The molecule has 1 N–H and O–H groups in total. The summed E-state index contributed by atoms with van der Waals surface area (Å²) in [6.07, 6.45) is 3.80. The number of hydrogen-bond acceptors (Lipinski definition) is 5. The van der Waals surface area contributed by atoms with Gasteiger partial charge in [0.05, 0.1) is 11.4 Å². The number of pyridine rings is 1. The number of amides is 2. The number of carbonyl (C=O) groups is 2. The maximum atomic E-state index is 12.8. The van der Waals surface area contributed by atoms with Gasteiger partial charge in [-0.2, -0.15) is 0 Å². The van der Waals surface area contributed by atoms with E-state index >= 15 is 0 Å². The first-order chi connectivity index (χ1) is 13.6. The smallest absolute Gasteiger partial charge is 0.267 e. The fraction of sp³-hybridized carbons (Fsp3) is 0.238. The van der Waals surface area contributed by atoms with E-state index in [2.05, 4.69) is 15.3 Å². The molecule has 0 atom stereocenters. The molecule has 1 aromatic carbocycles. The minimum atomic E-state index is -0.233. The zero-order valence-corrected chi connectivity index (χ0v) is 16.3. The number of anilines is 1. The van der Waals surface area contributed by atoms with Gasteiger partial charge in [0.2, 0.25) is 0 Å². The topological polar surface area (TPSA) is 75.2 Å².